The first-order valence-electron chi connectivity index (χ1n) is 10.7. The molecule has 7 nitrogen and oxygen atoms in total. The van der Waals surface area contributed by atoms with Crippen LogP contribution in [0.5, 0.6) is 0 Å². The summed E-state index contributed by atoms with van der Waals surface area (Å²) in [5.41, 5.74) is 8.00. The molecular weight excluding hydrogens is 478 g/mol. The number of fused-ring (bicyclic) bond motifs is 1. The van der Waals surface area contributed by atoms with Crippen LogP contribution in [0.25, 0.3) is 23.1 Å². The normalized spacial score (nSPS) is 11.1. The molecule has 0 saturated heterocycles. The van der Waals surface area contributed by atoms with Gasteiger partial charge < -0.3 is 0 Å². The van der Waals surface area contributed by atoms with Crippen molar-refractivity contribution in [2.24, 2.45) is 0 Å². The highest BCUT2D eigenvalue weighted by Gasteiger charge is 2.14. The molecule has 3 heterocycles. The standard InChI is InChI=1S/C26H19N5O2S2/c32-25(30-31-26(33)24-9-5-15-34-24)20-7-1-2-8-23(20)35-18-11-12-19-21(28-29-22(19)16-18)13-10-17-6-3-4-14-27-17/h1-16H,(H,28,29)(H,30,32)(H,31,33)/b13-10+. The van der Waals surface area contributed by atoms with Crippen LogP contribution in [0.3, 0.4) is 0 Å². The van der Waals surface area contributed by atoms with Crippen LogP contribution in [0, 0.1) is 0 Å². The third-order valence-electron chi connectivity index (χ3n) is 5.06. The largest absolute Gasteiger partial charge is 0.279 e. The number of carbonyl (C=O) groups excluding carboxylic acids is 2. The molecule has 172 valence electrons. The van der Waals surface area contributed by atoms with Gasteiger partial charge in [-0.1, -0.05) is 36.0 Å². The van der Waals surface area contributed by atoms with Gasteiger partial charge in [0, 0.05) is 21.4 Å². The number of hydrogen-bond donors (Lipinski definition) is 3. The van der Waals surface area contributed by atoms with Gasteiger partial charge in [-0.2, -0.15) is 5.10 Å². The zero-order chi connectivity index (χ0) is 24.0. The van der Waals surface area contributed by atoms with Crippen molar-refractivity contribution in [2.75, 3.05) is 0 Å². The number of rotatable bonds is 6. The number of amides is 2. The Labute approximate surface area is 209 Å². The Kier molecular flexibility index (Phi) is 6.69. The minimum atomic E-state index is -0.387. The van der Waals surface area contributed by atoms with Gasteiger partial charge >= 0.3 is 0 Å². The van der Waals surface area contributed by atoms with Crippen LogP contribution in [0.2, 0.25) is 0 Å². The van der Waals surface area contributed by atoms with Crippen molar-refractivity contribution in [3.05, 3.63) is 106 Å². The van der Waals surface area contributed by atoms with Crippen LogP contribution in [-0.2, 0) is 0 Å². The average molecular weight is 498 g/mol. The lowest BCUT2D eigenvalue weighted by Gasteiger charge is -2.10. The number of hydrazine groups is 1. The second-order valence-electron chi connectivity index (χ2n) is 7.39. The van der Waals surface area contributed by atoms with Crippen molar-refractivity contribution in [3.8, 4) is 0 Å². The van der Waals surface area contributed by atoms with Crippen LogP contribution in [-0.4, -0.2) is 27.0 Å². The molecule has 0 bridgehead atoms. The first kappa shape index (κ1) is 22.6. The summed E-state index contributed by atoms with van der Waals surface area (Å²) in [6.07, 6.45) is 5.60. The Morgan fingerprint density at radius 1 is 0.914 bits per heavy atom. The summed E-state index contributed by atoms with van der Waals surface area (Å²) in [6.45, 7) is 0. The van der Waals surface area contributed by atoms with E-state index in [2.05, 4.69) is 26.0 Å². The van der Waals surface area contributed by atoms with E-state index >= 15 is 0 Å². The molecule has 5 aromatic rings. The summed E-state index contributed by atoms with van der Waals surface area (Å²) >= 11 is 2.77. The molecule has 2 amide bonds. The number of nitrogens with zero attached hydrogens (tertiary/aromatic N) is 2. The Morgan fingerprint density at radius 2 is 1.77 bits per heavy atom. The fourth-order valence-corrected chi connectivity index (χ4v) is 4.97. The van der Waals surface area contributed by atoms with Gasteiger partial charge in [0.2, 0.25) is 0 Å². The number of hydrogen-bond acceptors (Lipinski definition) is 6. The highest BCUT2D eigenvalue weighted by atomic mass is 32.2. The maximum Gasteiger partial charge on any atom is 0.279 e. The zero-order valence-corrected chi connectivity index (χ0v) is 19.9. The lowest BCUT2D eigenvalue weighted by atomic mass is 10.2. The van der Waals surface area contributed by atoms with Crippen LogP contribution in [0.15, 0.2) is 94.2 Å². The van der Waals surface area contributed by atoms with Gasteiger partial charge in [0.25, 0.3) is 11.8 Å². The van der Waals surface area contributed by atoms with Gasteiger partial charge in [0.1, 0.15) is 0 Å². The monoisotopic (exact) mass is 497 g/mol. The molecule has 0 aliphatic rings. The fraction of sp³-hybridized carbons (Fsp3) is 0. The third kappa shape index (κ3) is 5.32. The van der Waals surface area contributed by atoms with E-state index in [4.69, 9.17) is 0 Å². The highest BCUT2D eigenvalue weighted by molar-refractivity contribution is 7.99. The number of pyridine rings is 1. The quantitative estimate of drug-likeness (QED) is 0.272. The summed E-state index contributed by atoms with van der Waals surface area (Å²) in [5, 5.41) is 10.3. The molecular formula is C26H19N5O2S2. The number of H-pyrrole nitrogens is 1. The topological polar surface area (TPSA) is 99.8 Å². The molecule has 0 unspecified atom stereocenters. The molecule has 5 rings (SSSR count). The van der Waals surface area contributed by atoms with E-state index in [0.29, 0.717) is 10.4 Å². The molecule has 35 heavy (non-hydrogen) atoms. The first-order chi connectivity index (χ1) is 17.2. The van der Waals surface area contributed by atoms with Crippen molar-refractivity contribution in [2.45, 2.75) is 9.79 Å². The van der Waals surface area contributed by atoms with Crippen molar-refractivity contribution >= 4 is 58.0 Å². The van der Waals surface area contributed by atoms with E-state index in [1.165, 1.54) is 23.1 Å². The number of benzene rings is 2. The number of aromatic nitrogens is 3. The molecule has 3 aromatic heterocycles. The number of thiophene rings is 1. The number of carbonyl (C=O) groups is 2. The molecule has 0 fully saturated rings. The second-order valence-corrected chi connectivity index (χ2v) is 9.45. The lowest BCUT2D eigenvalue weighted by Crippen LogP contribution is -2.41. The molecule has 0 atom stereocenters. The minimum absolute atomic E-state index is 0.351. The fourth-order valence-electron chi connectivity index (χ4n) is 3.37. The van der Waals surface area contributed by atoms with Gasteiger partial charge in [0.05, 0.1) is 27.3 Å². The number of aromatic amines is 1. The van der Waals surface area contributed by atoms with E-state index in [0.717, 1.165) is 32.1 Å². The summed E-state index contributed by atoms with van der Waals surface area (Å²) in [4.78, 5) is 31.4. The maximum atomic E-state index is 12.8. The van der Waals surface area contributed by atoms with Gasteiger partial charge in [-0.15, -0.1) is 11.3 Å². The lowest BCUT2D eigenvalue weighted by molar-refractivity contribution is 0.0847. The Morgan fingerprint density at radius 3 is 2.60 bits per heavy atom. The molecule has 0 aliphatic carbocycles. The first-order valence-corrected chi connectivity index (χ1v) is 12.4. The predicted molar refractivity (Wildman–Crippen MR) is 139 cm³/mol. The van der Waals surface area contributed by atoms with E-state index in [1.54, 1.807) is 35.8 Å². The van der Waals surface area contributed by atoms with Crippen LogP contribution >= 0.6 is 23.1 Å². The predicted octanol–water partition coefficient (Wildman–Crippen LogP) is 5.42. The third-order valence-corrected chi connectivity index (χ3v) is 6.99. The summed E-state index contributed by atoms with van der Waals surface area (Å²) < 4.78 is 0. The molecule has 3 N–H and O–H groups in total. The van der Waals surface area contributed by atoms with Crippen molar-refractivity contribution in [3.63, 3.8) is 0 Å². The van der Waals surface area contributed by atoms with Gasteiger partial charge in [0.15, 0.2) is 0 Å². The Bertz CT molecular complexity index is 1510. The average Bonchev–Trinajstić information content (AvgIpc) is 3.57. The van der Waals surface area contributed by atoms with Crippen LogP contribution in [0.4, 0.5) is 0 Å². The van der Waals surface area contributed by atoms with Gasteiger partial charge in [-0.25, -0.2) is 0 Å². The Hall–Kier alpha value is -4.21. The highest BCUT2D eigenvalue weighted by Crippen LogP contribution is 2.32. The van der Waals surface area contributed by atoms with Crippen molar-refractivity contribution in [1.82, 2.24) is 26.0 Å². The zero-order valence-electron chi connectivity index (χ0n) is 18.3. The summed E-state index contributed by atoms with van der Waals surface area (Å²) in [7, 11) is 0. The molecule has 2 aromatic carbocycles. The SMILES string of the molecule is O=C(NNC(=O)c1ccccc1Sc1ccc2c(/C=C/c3ccccn3)n[nH]c2c1)c1cccs1. The van der Waals surface area contributed by atoms with E-state index in [-0.39, 0.29) is 11.8 Å². The minimum Gasteiger partial charge on any atom is -0.277 e. The molecule has 9 heteroatoms. The molecule has 0 radical (unpaired) electrons. The summed E-state index contributed by atoms with van der Waals surface area (Å²) in [5.74, 6) is -0.737. The van der Waals surface area contributed by atoms with Gasteiger partial charge in [-0.05, 0) is 66.1 Å². The maximum absolute atomic E-state index is 12.8. The molecule has 0 aliphatic heterocycles. The smallest absolute Gasteiger partial charge is 0.277 e. The van der Waals surface area contributed by atoms with Crippen LogP contribution in [0.1, 0.15) is 31.4 Å². The Balaban J connectivity index is 1.31. The molecule has 0 spiro atoms. The van der Waals surface area contributed by atoms with Crippen molar-refractivity contribution in [1.29, 1.82) is 0 Å². The summed E-state index contributed by atoms with van der Waals surface area (Å²) in [6, 6.07) is 22.5. The van der Waals surface area contributed by atoms with E-state index < -0.39 is 0 Å². The van der Waals surface area contributed by atoms with E-state index in [1.807, 2.05) is 60.7 Å². The van der Waals surface area contributed by atoms with E-state index in [9.17, 15) is 9.59 Å². The van der Waals surface area contributed by atoms with Gasteiger partial charge in [-0.3, -0.25) is 30.5 Å². The second kappa shape index (κ2) is 10.4. The van der Waals surface area contributed by atoms with Crippen molar-refractivity contribution < 1.29 is 9.59 Å². The van der Waals surface area contributed by atoms with Crippen LogP contribution < -0.4 is 10.9 Å². The molecule has 0 saturated carbocycles. The number of nitrogens with one attached hydrogen (secondary N) is 3.